The van der Waals surface area contributed by atoms with Gasteiger partial charge in [0.25, 0.3) is 0 Å². The average molecular weight is 227 g/mol. The summed E-state index contributed by atoms with van der Waals surface area (Å²) < 4.78 is 6.45. The summed E-state index contributed by atoms with van der Waals surface area (Å²) in [6.07, 6.45) is 1.74. The maximum absolute atomic E-state index is 5.42. The van der Waals surface area contributed by atoms with Crippen molar-refractivity contribution in [3.8, 4) is 5.75 Å². The van der Waals surface area contributed by atoms with E-state index in [1.165, 1.54) is 0 Å². The van der Waals surface area contributed by atoms with Crippen LogP contribution in [0.25, 0.3) is 0 Å². The van der Waals surface area contributed by atoms with E-state index in [9.17, 15) is 0 Å². The highest BCUT2D eigenvalue weighted by atomic mass is 79.9. The van der Waals surface area contributed by atoms with Gasteiger partial charge in [-0.1, -0.05) is 34.7 Å². The molecule has 12 heavy (non-hydrogen) atoms. The van der Waals surface area contributed by atoms with Crippen LogP contribution in [0.3, 0.4) is 0 Å². The van der Waals surface area contributed by atoms with Crippen molar-refractivity contribution in [2.24, 2.45) is 0 Å². The van der Waals surface area contributed by atoms with Crippen molar-refractivity contribution in [3.05, 3.63) is 40.9 Å². The normalized spacial score (nSPS) is 9.50. The lowest BCUT2D eigenvalue weighted by atomic mass is 10.2. The molecule has 0 N–H and O–H groups in total. The predicted molar refractivity (Wildman–Crippen MR) is 54.6 cm³/mol. The highest BCUT2D eigenvalue weighted by Crippen LogP contribution is 2.22. The second-order valence-electron chi connectivity index (χ2n) is 2.51. The Hall–Kier alpha value is -0.760. The van der Waals surface area contributed by atoms with Crippen LogP contribution in [-0.2, 0) is 0 Å². The molecule has 0 aromatic heterocycles. The van der Waals surface area contributed by atoms with E-state index in [1.807, 2.05) is 25.1 Å². The van der Waals surface area contributed by atoms with Crippen LogP contribution in [0.2, 0.25) is 0 Å². The van der Waals surface area contributed by atoms with Crippen LogP contribution in [0.5, 0.6) is 5.75 Å². The summed E-state index contributed by atoms with van der Waals surface area (Å²) in [7, 11) is 0. The second-order valence-corrected chi connectivity index (χ2v) is 3.43. The molecule has 1 nitrogen and oxygen atoms in total. The maximum atomic E-state index is 5.42. The fourth-order valence-electron chi connectivity index (χ4n) is 0.878. The summed E-state index contributed by atoms with van der Waals surface area (Å²) in [5, 5.41) is 0. The Morgan fingerprint density at radius 2 is 2.33 bits per heavy atom. The van der Waals surface area contributed by atoms with E-state index >= 15 is 0 Å². The summed E-state index contributed by atoms with van der Waals surface area (Å²) in [6.45, 7) is 6.16. The van der Waals surface area contributed by atoms with Gasteiger partial charge in [0.1, 0.15) is 12.4 Å². The summed E-state index contributed by atoms with van der Waals surface area (Å²) >= 11 is 3.38. The zero-order chi connectivity index (χ0) is 8.97. The van der Waals surface area contributed by atoms with Crippen LogP contribution in [0.15, 0.2) is 35.3 Å². The molecule has 64 valence electrons. The highest BCUT2D eigenvalue weighted by molar-refractivity contribution is 9.10. The minimum absolute atomic E-state index is 0.553. The van der Waals surface area contributed by atoms with Crippen LogP contribution in [-0.4, -0.2) is 6.61 Å². The van der Waals surface area contributed by atoms with Gasteiger partial charge in [-0.3, -0.25) is 0 Å². The zero-order valence-corrected chi connectivity index (χ0v) is 8.60. The Balaban J connectivity index is 2.82. The van der Waals surface area contributed by atoms with Gasteiger partial charge in [-0.25, -0.2) is 0 Å². The minimum Gasteiger partial charge on any atom is -0.489 e. The largest absolute Gasteiger partial charge is 0.489 e. The summed E-state index contributed by atoms with van der Waals surface area (Å²) in [4.78, 5) is 0. The molecule has 0 unspecified atom stereocenters. The van der Waals surface area contributed by atoms with Crippen LogP contribution >= 0.6 is 15.9 Å². The Labute approximate surface area is 81.2 Å². The highest BCUT2D eigenvalue weighted by Gasteiger charge is 1.98. The molecule has 2 heteroatoms. The molecule has 0 bridgehead atoms. The van der Waals surface area contributed by atoms with Gasteiger partial charge in [-0.05, 0) is 24.6 Å². The number of aryl methyl sites for hydroxylation is 1. The standard InChI is InChI=1S/C10H11BrO/c1-3-6-12-10-7-9(11)5-4-8(10)2/h3-5,7H,1,6H2,2H3. The molecule has 1 rings (SSSR count). The van der Waals surface area contributed by atoms with E-state index < -0.39 is 0 Å². The molecule has 1 aromatic rings. The Morgan fingerprint density at radius 1 is 1.58 bits per heavy atom. The van der Waals surface area contributed by atoms with Crippen molar-refractivity contribution in [1.82, 2.24) is 0 Å². The lowest BCUT2D eigenvalue weighted by Crippen LogP contribution is -1.94. The third kappa shape index (κ3) is 2.38. The smallest absolute Gasteiger partial charge is 0.123 e. The number of rotatable bonds is 3. The van der Waals surface area contributed by atoms with Crippen LogP contribution in [0, 0.1) is 6.92 Å². The Bertz CT molecular complexity index is 281. The third-order valence-corrected chi connectivity index (χ3v) is 2.00. The molecule has 0 fully saturated rings. The van der Waals surface area contributed by atoms with Gasteiger partial charge in [0.2, 0.25) is 0 Å². The molecule has 0 aliphatic carbocycles. The first-order valence-corrected chi connectivity index (χ1v) is 4.53. The van der Waals surface area contributed by atoms with Crippen molar-refractivity contribution in [1.29, 1.82) is 0 Å². The minimum atomic E-state index is 0.553. The average Bonchev–Trinajstić information content (AvgIpc) is 2.07. The topological polar surface area (TPSA) is 9.23 Å². The van der Waals surface area contributed by atoms with Gasteiger partial charge in [0.15, 0.2) is 0 Å². The van der Waals surface area contributed by atoms with Crippen LogP contribution in [0.4, 0.5) is 0 Å². The fourth-order valence-corrected chi connectivity index (χ4v) is 1.22. The molecule has 0 aliphatic rings. The van der Waals surface area contributed by atoms with Crippen LogP contribution in [0.1, 0.15) is 5.56 Å². The number of ether oxygens (including phenoxy) is 1. The van der Waals surface area contributed by atoms with Gasteiger partial charge in [-0.2, -0.15) is 0 Å². The van der Waals surface area contributed by atoms with Gasteiger partial charge in [-0.15, -0.1) is 0 Å². The number of hydrogen-bond acceptors (Lipinski definition) is 1. The van der Waals surface area contributed by atoms with E-state index in [2.05, 4.69) is 22.5 Å². The Morgan fingerprint density at radius 3 is 3.00 bits per heavy atom. The summed E-state index contributed by atoms with van der Waals surface area (Å²) in [5.41, 5.74) is 1.14. The SMILES string of the molecule is C=CCOc1cc(Br)ccc1C. The lowest BCUT2D eigenvalue weighted by molar-refractivity contribution is 0.360. The number of benzene rings is 1. The van der Waals surface area contributed by atoms with Gasteiger partial charge in [0, 0.05) is 4.47 Å². The molecule has 1 aromatic carbocycles. The predicted octanol–water partition coefficient (Wildman–Crippen LogP) is 3.32. The van der Waals surface area contributed by atoms with Gasteiger partial charge >= 0.3 is 0 Å². The molecular weight excluding hydrogens is 216 g/mol. The first kappa shape index (κ1) is 9.33. The van der Waals surface area contributed by atoms with Gasteiger partial charge in [0.05, 0.1) is 0 Å². The van der Waals surface area contributed by atoms with Crippen molar-refractivity contribution in [2.45, 2.75) is 6.92 Å². The van der Waals surface area contributed by atoms with E-state index in [1.54, 1.807) is 6.08 Å². The molecule has 0 spiro atoms. The molecule has 0 saturated heterocycles. The van der Waals surface area contributed by atoms with Crippen molar-refractivity contribution in [3.63, 3.8) is 0 Å². The van der Waals surface area contributed by atoms with Crippen molar-refractivity contribution in [2.75, 3.05) is 6.61 Å². The summed E-state index contributed by atoms with van der Waals surface area (Å²) in [5.74, 6) is 0.907. The zero-order valence-electron chi connectivity index (χ0n) is 7.01. The molecule has 0 saturated carbocycles. The third-order valence-electron chi connectivity index (χ3n) is 1.51. The first-order chi connectivity index (χ1) is 5.74. The molecule has 0 amide bonds. The van der Waals surface area contributed by atoms with Crippen LogP contribution < -0.4 is 4.74 Å². The molecule has 0 radical (unpaired) electrons. The first-order valence-electron chi connectivity index (χ1n) is 3.74. The second kappa shape index (κ2) is 4.31. The van der Waals surface area contributed by atoms with Gasteiger partial charge < -0.3 is 4.74 Å². The van der Waals surface area contributed by atoms with Crippen molar-refractivity contribution >= 4 is 15.9 Å². The summed E-state index contributed by atoms with van der Waals surface area (Å²) in [6, 6.07) is 5.97. The number of hydrogen-bond donors (Lipinski definition) is 0. The Kier molecular flexibility index (Phi) is 3.35. The van der Waals surface area contributed by atoms with E-state index in [-0.39, 0.29) is 0 Å². The van der Waals surface area contributed by atoms with E-state index in [0.29, 0.717) is 6.61 Å². The van der Waals surface area contributed by atoms with E-state index in [4.69, 9.17) is 4.74 Å². The van der Waals surface area contributed by atoms with Crippen molar-refractivity contribution < 1.29 is 4.74 Å². The molecule has 0 atom stereocenters. The van der Waals surface area contributed by atoms with E-state index in [0.717, 1.165) is 15.8 Å². The monoisotopic (exact) mass is 226 g/mol. The molecule has 0 aliphatic heterocycles. The fraction of sp³-hybridized carbons (Fsp3) is 0.200. The molecule has 0 heterocycles. The maximum Gasteiger partial charge on any atom is 0.123 e. The lowest BCUT2D eigenvalue weighted by Gasteiger charge is -2.06. The molecular formula is C10H11BrO. The quantitative estimate of drug-likeness (QED) is 0.719. The number of halogens is 1.